The van der Waals surface area contributed by atoms with Gasteiger partial charge in [-0.25, -0.2) is 0 Å². The Balaban J connectivity index is 2.48. The third-order valence-electron chi connectivity index (χ3n) is 1.32. The highest BCUT2D eigenvalue weighted by atomic mass is 16.9. The topological polar surface area (TPSA) is 44.8 Å². The highest BCUT2D eigenvalue weighted by Crippen LogP contribution is 2.24. The molecule has 64 valence electrons. The number of hydrogen-bond acceptors (Lipinski definition) is 4. The van der Waals surface area contributed by atoms with E-state index in [9.17, 15) is 4.79 Å². The van der Waals surface area contributed by atoms with Crippen LogP contribution in [0.25, 0.3) is 0 Å². The largest absolute Gasteiger partial charge is 0.408 e. The lowest BCUT2D eigenvalue weighted by Crippen LogP contribution is -2.32. The second-order valence-electron chi connectivity index (χ2n) is 2.70. The van der Waals surface area contributed by atoms with Crippen LogP contribution >= 0.6 is 0 Å². The van der Waals surface area contributed by atoms with Gasteiger partial charge in [-0.15, -0.1) is 0 Å². The smallest absolute Gasteiger partial charge is 0.326 e. The van der Waals surface area contributed by atoms with E-state index < -0.39 is 11.9 Å². The first-order valence-corrected chi connectivity index (χ1v) is 3.53. The molecule has 0 aliphatic carbocycles. The molecule has 0 aromatic carbocycles. The Morgan fingerprint density at radius 1 is 1.73 bits per heavy atom. The standard InChI is InChI=1S/C7H12O4/c1-5-4-9-7(3,10-5)11-6(2)8/h5H,4H2,1-3H3. The summed E-state index contributed by atoms with van der Waals surface area (Å²) in [5.74, 6) is -1.56. The molecule has 1 saturated heterocycles. The molecular formula is C7H12O4. The third-order valence-corrected chi connectivity index (χ3v) is 1.32. The van der Waals surface area contributed by atoms with Crippen LogP contribution in [-0.4, -0.2) is 24.7 Å². The lowest BCUT2D eigenvalue weighted by molar-refractivity contribution is -0.305. The molecule has 0 amide bonds. The number of rotatable bonds is 1. The first-order chi connectivity index (χ1) is 5.02. The van der Waals surface area contributed by atoms with E-state index in [2.05, 4.69) is 0 Å². The monoisotopic (exact) mass is 160 g/mol. The van der Waals surface area contributed by atoms with Gasteiger partial charge in [-0.2, -0.15) is 0 Å². The molecule has 0 aromatic heterocycles. The van der Waals surface area contributed by atoms with Crippen molar-refractivity contribution in [3.05, 3.63) is 0 Å². The maximum atomic E-state index is 10.5. The Morgan fingerprint density at radius 3 is 2.73 bits per heavy atom. The molecule has 1 aliphatic heterocycles. The average Bonchev–Trinajstić information content (AvgIpc) is 2.08. The van der Waals surface area contributed by atoms with Crippen LogP contribution in [0.2, 0.25) is 0 Å². The van der Waals surface area contributed by atoms with Crippen molar-refractivity contribution >= 4 is 5.97 Å². The number of hydrogen-bond donors (Lipinski definition) is 0. The minimum Gasteiger partial charge on any atom is -0.408 e. The van der Waals surface area contributed by atoms with Gasteiger partial charge in [-0.1, -0.05) is 0 Å². The van der Waals surface area contributed by atoms with Gasteiger partial charge in [0.05, 0.1) is 12.7 Å². The van der Waals surface area contributed by atoms with Crippen molar-refractivity contribution in [2.24, 2.45) is 0 Å². The van der Waals surface area contributed by atoms with Gasteiger partial charge in [0.25, 0.3) is 0 Å². The minimum absolute atomic E-state index is 0.0145. The Labute approximate surface area is 65.4 Å². The summed E-state index contributed by atoms with van der Waals surface area (Å²) in [6.07, 6.45) is -0.0145. The highest BCUT2D eigenvalue weighted by molar-refractivity contribution is 5.66. The second kappa shape index (κ2) is 2.79. The fraction of sp³-hybridized carbons (Fsp3) is 0.857. The molecule has 0 bridgehead atoms. The van der Waals surface area contributed by atoms with Gasteiger partial charge in [-0.05, 0) is 6.92 Å². The fourth-order valence-corrected chi connectivity index (χ4v) is 1.02. The summed E-state index contributed by atoms with van der Waals surface area (Å²) in [6.45, 7) is 5.22. The second-order valence-corrected chi connectivity index (χ2v) is 2.70. The quantitative estimate of drug-likeness (QED) is 0.528. The van der Waals surface area contributed by atoms with Gasteiger partial charge >= 0.3 is 11.9 Å². The van der Waals surface area contributed by atoms with E-state index in [-0.39, 0.29) is 6.10 Å². The zero-order chi connectivity index (χ0) is 8.48. The normalized spacial score (nSPS) is 37.2. The van der Waals surface area contributed by atoms with E-state index >= 15 is 0 Å². The fourth-order valence-electron chi connectivity index (χ4n) is 1.02. The molecule has 4 heteroatoms. The predicted octanol–water partition coefficient (Wildman–Crippen LogP) is 0.658. The van der Waals surface area contributed by atoms with Gasteiger partial charge < -0.3 is 14.2 Å². The molecule has 2 unspecified atom stereocenters. The van der Waals surface area contributed by atoms with E-state index in [1.807, 2.05) is 6.92 Å². The maximum Gasteiger partial charge on any atom is 0.326 e. The molecule has 1 rings (SSSR count). The van der Waals surface area contributed by atoms with E-state index in [4.69, 9.17) is 14.2 Å². The molecule has 0 saturated carbocycles. The van der Waals surface area contributed by atoms with Crippen LogP contribution in [0.3, 0.4) is 0 Å². The van der Waals surface area contributed by atoms with Crippen LogP contribution in [0.1, 0.15) is 20.8 Å². The summed E-state index contributed by atoms with van der Waals surface area (Å²) in [7, 11) is 0. The summed E-state index contributed by atoms with van der Waals surface area (Å²) >= 11 is 0. The molecule has 0 N–H and O–H groups in total. The SMILES string of the molecule is CC(=O)OC1(C)OCC(C)O1. The summed E-state index contributed by atoms with van der Waals surface area (Å²) < 4.78 is 15.1. The van der Waals surface area contributed by atoms with E-state index in [1.54, 1.807) is 6.92 Å². The van der Waals surface area contributed by atoms with E-state index in [1.165, 1.54) is 6.92 Å². The Hall–Kier alpha value is -0.610. The minimum atomic E-state index is -1.16. The number of carbonyl (C=O) groups excluding carboxylic acids is 1. The van der Waals surface area contributed by atoms with Gasteiger partial charge in [0.2, 0.25) is 0 Å². The summed E-state index contributed by atoms with van der Waals surface area (Å²) in [6, 6.07) is 0. The molecule has 0 spiro atoms. The Morgan fingerprint density at radius 2 is 2.36 bits per heavy atom. The molecule has 1 heterocycles. The summed E-state index contributed by atoms with van der Waals surface area (Å²) in [5, 5.41) is 0. The van der Waals surface area contributed by atoms with Crippen molar-refractivity contribution in [1.82, 2.24) is 0 Å². The number of ether oxygens (including phenoxy) is 3. The molecule has 2 atom stereocenters. The molecular weight excluding hydrogens is 148 g/mol. The van der Waals surface area contributed by atoms with Gasteiger partial charge in [0.1, 0.15) is 0 Å². The Kier molecular flexibility index (Phi) is 2.15. The van der Waals surface area contributed by atoms with E-state index in [0.717, 1.165) is 0 Å². The zero-order valence-electron chi connectivity index (χ0n) is 6.92. The molecule has 0 aromatic rings. The highest BCUT2D eigenvalue weighted by Gasteiger charge is 2.38. The van der Waals surface area contributed by atoms with Crippen molar-refractivity contribution in [3.8, 4) is 0 Å². The van der Waals surface area contributed by atoms with Crippen molar-refractivity contribution < 1.29 is 19.0 Å². The van der Waals surface area contributed by atoms with Crippen LogP contribution in [0.4, 0.5) is 0 Å². The van der Waals surface area contributed by atoms with Crippen molar-refractivity contribution in [2.75, 3.05) is 6.61 Å². The Bertz CT molecular complexity index is 168. The van der Waals surface area contributed by atoms with Crippen molar-refractivity contribution in [3.63, 3.8) is 0 Å². The lowest BCUT2D eigenvalue weighted by Gasteiger charge is -2.21. The molecule has 11 heavy (non-hydrogen) atoms. The summed E-state index contributed by atoms with van der Waals surface area (Å²) in [4.78, 5) is 10.5. The maximum absolute atomic E-state index is 10.5. The van der Waals surface area contributed by atoms with Crippen molar-refractivity contribution in [1.29, 1.82) is 0 Å². The van der Waals surface area contributed by atoms with Crippen LogP contribution in [-0.2, 0) is 19.0 Å². The van der Waals surface area contributed by atoms with Crippen LogP contribution in [0, 0.1) is 0 Å². The molecule has 1 aliphatic rings. The average molecular weight is 160 g/mol. The predicted molar refractivity (Wildman–Crippen MR) is 36.7 cm³/mol. The first kappa shape index (κ1) is 8.49. The van der Waals surface area contributed by atoms with Crippen LogP contribution in [0.5, 0.6) is 0 Å². The summed E-state index contributed by atoms with van der Waals surface area (Å²) in [5.41, 5.74) is 0. The molecule has 4 nitrogen and oxygen atoms in total. The molecule has 1 fully saturated rings. The van der Waals surface area contributed by atoms with Crippen LogP contribution < -0.4 is 0 Å². The molecule has 0 radical (unpaired) electrons. The van der Waals surface area contributed by atoms with Crippen molar-refractivity contribution in [2.45, 2.75) is 32.8 Å². The van der Waals surface area contributed by atoms with E-state index in [0.29, 0.717) is 6.61 Å². The van der Waals surface area contributed by atoms with Gasteiger partial charge in [0, 0.05) is 13.8 Å². The zero-order valence-corrected chi connectivity index (χ0v) is 6.92. The number of esters is 1. The number of carbonyl (C=O) groups is 1. The van der Waals surface area contributed by atoms with Gasteiger partial charge in [-0.3, -0.25) is 4.79 Å². The van der Waals surface area contributed by atoms with Crippen LogP contribution in [0.15, 0.2) is 0 Å². The van der Waals surface area contributed by atoms with Gasteiger partial charge in [0.15, 0.2) is 0 Å². The lowest BCUT2D eigenvalue weighted by atomic mass is 10.5. The third kappa shape index (κ3) is 2.17. The first-order valence-electron chi connectivity index (χ1n) is 3.53.